The van der Waals surface area contributed by atoms with Crippen LogP contribution in [0.1, 0.15) is 24.2 Å². The van der Waals surface area contributed by atoms with Gasteiger partial charge in [0.25, 0.3) is 15.9 Å². The molecule has 42 heavy (non-hydrogen) atoms. The van der Waals surface area contributed by atoms with E-state index in [0.717, 1.165) is 11.3 Å². The van der Waals surface area contributed by atoms with Gasteiger partial charge in [-0.3, -0.25) is 4.79 Å². The van der Waals surface area contributed by atoms with Gasteiger partial charge < -0.3 is 34.9 Å². The molecule has 3 heterocycles. The zero-order valence-electron chi connectivity index (χ0n) is 23.3. The number of urea groups is 1. The van der Waals surface area contributed by atoms with Crippen LogP contribution in [0.2, 0.25) is 0 Å². The Morgan fingerprint density at radius 3 is 2.69 bits per heavy atom. The Morgan fingerprint density at radius 2 is 1.95 bits per heavy atom. The summed E-state index contributed by atoms with van der Waals surface area (Å²) in [5.74, 6) is 0.467. The average molecular weight is 617 g/mol. The topological polar surface area (TPSA) is 147 Å². The van der Waals surface area contributed by atoms with Gasteiger partial charge in [0.1, 0.15) is 10.3 Å². The number of likely N-dealkylation sites (N-methyl/N-ethyl adjacent to an activating group) is 1. The average Bonchev–Trinajstić information content (AvgIpc) is 3.67. The number of hydrogen-bond acceptors (Lipinski definition) is 9. The molecule has 2 aliphatic heterocycles. The first-order valence-electron chi connectivity index (χ1n) is 13.3. The van der Waals surface area contributed by atoms with E-state index in [1.807, 2.05) is 6.92 Å². The smallest absolute Gasteiger partial charge is 0.323 e. The monoisotopic (exact) mass is 616 g/mol. The maximum atomic E-state index is 13.7. The van der Waals surface area contributed by atoms with Crippen LogP contribution in [-0.4, -0.2) is 80.4 Å². The van der Waals surface area contributed by atoms with E-state index in [2.05, 4.69) is 10.6 Å². The molecule has 3 N–H and O–H groups in total. The third-order valence-electron chi connectivity index (χ3n) is 7.17. The van der Waals surface area contributed by atoms with Crippen molar-refractivity contribution in [1.29, 1.82) is 0 Å². The first-order chi connectivity index (χ1) is 20.1. The van der Waals surface area contributed by atoms with Crippen molar-refractivity contribution in [3.05, 3.63) is 59.5 Å². The van der Waals surface area contributed by atoms with Crippen LogP contribution in [0.3, 0.4) is 0 Å². The number of nitrogens with one attached hydrogen (secondary N) is 2. The number of benzene rings is 2. The number of thiophene rings is 1. The van der Waals surface area contributed by atoms with E-state index < -0.39 is 28.2 Å². The van der Waals surface area contributed by atoms with E-state index in [-0.39, 0.29) is 59.5 Å². The summed E-state index contributed by atoms with van der Waals surface area (Å²) in [5.41, 5.74) is 0.859. The second kappa shape index (κ2) is 12.2. The molecule has 2 aliphatic rings. The number of fused-ring (bicyclic) bond motifs is 2. The van der Waals surface area contributed by atoms with Crippen LogP contribution in [0, 0.1) is 5.92 Å². The molecule has 0 unspecified atom stereocenters. The number of carbonyl (C=O) groups is 2. The highest BCUT2D eigenvalue weighted by atomic mass is 32.2. The van der Waals surface area contributed by atoms with Crippen LogP contribution < -0.4 is 24.8 Å². The first kappa shape index (κ1) is 29.6. The molecular formula is C28H32N4O8S2. The molecule has 0 aliphatic carbocycles. The predicted octanol–water partition coefficient (Wildman–Crippen LogP) is 3.66. The fraction of sp³-hybridized carbons (Fsp3) is 0.357. The lowest BCUT2D eigenvalue weighted by atomic mass is 9.99. The zero-order chi connectivity index (χ0) is 30.0. The van der Waals surface area contributed by atoms with E-state index >= 15 is 0 Å². The molecule has 5 rings (SSSR count). The Hall–Kier alpha value is -3.85. The van der Waals surface area contributed by atoms with E-state index in [1.54, 1.807) is 65.7 Å². The van der Waals surface area contributed by atoms with Crippen LogP contribution in [-0.2, 0) is 10.0 Å². The van der Waals surface area contributed by atoms with Gasteiger partial charge in [-0.05, 0) is 42.6 Å². The molecule has 3 aromatic rings. The summed E-state index contributed by atoms with van der Waals surface area (Å²) in [6.45, 7) is 3.63. The van der Waals surface area contributed by atoms with Crippen molar-refractivity contribution in [3.63, 3.8) is 0 Å². The van der Waals surface area contributed by atoms with E-state index in [4.69, 9.17) is 14.2 Å². The highest BCUT2D eigenvalue weighted by Gasteiger charge is 2.36. The molecule has 14 heteroatoms. The number of carbonyl (C=O) groups excluding carboxylic acids is 2. The second-order valence-corrected chi connectivity index (χ2v) is 13.4. The lowest BCUT2D eigenvalue weighted by molar-refractivity contribution is 0.0389. The normalized spacial score (nSPS) is 19.0. The standard InChI is InChI=1S/C28H32N4O8S2/c1-17-13-32(18(2)15-33)27(34)20-6-4-7-21(30-28(35)29-19-9-10-22-23(12-19)39-16-38-22)26(20)40-24(17)14-31(3)42(36,37)25-8-5-11-41-25/h4-12,17-18,24,33H,13-16H2,1-3H3,(H2,29,30,35)/t17-,18+,24+/m1/s1. The summed E-state index contributed by atoms with van der Waals surface area (Å²) in [7, 11) is -2.30. The second-order valence-electron chi connectivity index (χ2n) is 10.2. The van der Waals surface area contributed by atoms with Crippen molar-refractivity contribution < 1.29 is 37.3 Å². The van der Waals surface area contributed by atoms with Crippen LogP contribution in [0.5, 0.6) is 17.2 Å². The largest absolute Gasteiger partial charge is 0.486 e. The molecule has 3 amide bonds. The SMILES string of the molecule is C[C@@H]1CN([C@@H](C)CO)C(=O)c2cccc(NC(=O)Nc3ccc4c(c3)OCO4)c2O[C@H]1CN(C)S(=O)(=O)c1cccs1. The number of anilines is 2. The third-order valence-corrected chi connectivity index (χ3v) is 10.4. The number of hydrogen-bond donors (Lipinski definition) is 3. The van der Waals surface area contributed by atoms with Crippen LogP contribution in [0.15, 0.2) is 58.1 Å². The van der Waals surface area contributed by atoms with Crippen LogP contribution >= 0.6 is 11.3 Å². The lowest BCUT2D eigenvalue weighted by Crippen LogP contribution is -2.50. The van der Waals surface area contributed by atoms with Gasteiger partial charge in [0, 0.05) is 31.3 Å². The Bertz CT molecular complexity index is 1560. The van der Waals surface area contributed by atoms with Gasteiger partial charge in [-0.15, -0.1) is 11.3 Å². The quantitative estimate of drug-likeness (QED) is 0.348. The Balaban J connectivity index is 1.45. The minimum Gasteiger partial charge on any atom is -0.486 e. The number of para-hydroxylation sites is 1. The van der Waals surface area contributed by atoms with E-state index in [0.29, 0.717) is 17.2 Å². The highest BCUT2D eigenvalue weighted by Crippen LogP contribution is 2.37. The molecule has 0 saturated heterocycles. The first-order valence-corrected chi connectivity index (χ1v) is 15.6. The molecule has 0 radical (unpaired) electrons. The minimum atomic E-state index is -3.78. The minimum absolute atomic E-state index is 0.0197. The zero-order valence-corrected chi connectivity index (χ0v) is 24.9. The van der Waals surface area contributed by atoms with E-state index in [1.165, 1.54) is 11.4 Å². The van der Waals surface area contributed by atoms with Crippen molar-refractivity contribution in [3.8, 4) is 17.2 Å². The van der Waals surface area contributed by atoms with Crippen molar-refractivity contribution >= 4 is 44.7 Å². The van der Waals surface area contributed by atoms with Crippen molar-refractivity contribution in [1.82, 2.24) is 9.21 Å². The van der Waals surface area contributed by atoms with Crippen molar-refractivity contribution in [2.45, 2.75) is 30.2 Å². The predicted molar refractivity (Wildman–Crippen MR) is 157 cm³/mol. The Kier molecular flexibility index (Phi) is 8.59. The number of rotatable bonds is 8. The fourth-order valence-corrected chi connectivity index (χ4v) is 7.12. The number of amides is 3. The lowest BCUT2D eigenvalue weighted by Gasteiger charge is -2.38. The number of aliphatic hydroxyl groups excluding tert-OH is 1. The molecule has 0 saturated carbocycles. The number of nitrogens with zero attached hydrogens (tertiary/aromatic N) is 2. The molecule has 0 fully saturated rings. The van der Waals surface area contributed by atoms with Gasteiger partial charge in [-0.2, -0.15) is 4.31 Å². The van der Waals surface area contributed by atoms with Gasteiger partial charge in [-0.25, -0.2) is 13.2 Å². The van der Waals surface area contributed by atoms with E-state index in [9.17, 15) is 23.1 Å². The Morgan fingerprint density at radius 1 is 1.17 bits per heavy atom. The summed E-state index contributed by atoms with van der Waals surface area (Å²) in [4.78, 5) is 28.3. The summed E-state index contributed by atoms with van der Waals surface area (Å²) < 4.78 is 44.9. The fourth-order valence-electron chi connectivity index (χ4n) is 4.73. The van der Waals surface area contributed by atoms with Crippen molar-refractivity contribution in [2.75, 3.05) is 44.2 Å². The van der Waals surface area contributed by atoms with Gasteiger partial charge in [-0.1, -0.05) is 19.1 Å². The number of sulfonamides is 1. The molecule has 1 aromatic heterocycles. The van der Waals surface area contributed by atoms with Gasteiger partial charge in [0.2, 0.25) is 6.79 Å². The maximum Gasteiger partial charge on any atom is 0.323 e. The molecule has 0 bridgehead atoms. The summed E-state index contributed by atoms with van der Waals surface area (Å²) in [6, 6.07) is 11.9. The highest BCUT2D eigenvalue weighted by molar-refractivity contribution is 7.91. The van der Waals surface area contributed by atoms with Gasteiger partial charge in [0.15, 0.2) is 17.2 Å². The van der Waals surface area contributed by atoms with Crippen LogP contribution in [0.4, 0.5) is 16.2 Å². The third kappa shape index (κ3) is 6.02. The molecule has 2 aromatic carbocycles. The van der Waals surface area contributed by atoms with Gasteiger partial charge >= 0.3 is 6.03 Å². The molecule has 12 nitrogen and oxygen atoms in total. The van der Waals surface area contributed by atoms with Crippen LogP contribution in [0.25, 0.3) is 0 Å². The van der Waals surface area contributed by atoms with Gasteiger partial charge in [0.05, 0.1) is 30.4 Å². The number of ether oxygens (including phenoxy) is 3. The maximum absolute atomic E-state index is 13.7. The molecule has 224 valence electrons. The molecule has 3 atom stereocenters. The summed E-state index contributed by atoms with van der Waals surface area (Å²) >= 11 is 1.12. The van der Waals surface area contributed by atoms with Crippen molar-refractivity contribution in [2.24, 2.45) is 5.92 Å². The summed E-state index contributed by atoms with van der Waals surface area (Å²) in [6.07, 6.45) is -0.704. The Labute approximate surface area is 247 Å². The summed E-state index contributed by atoms with van der Waals surface area (Å²) in [5, 5.41) is 17.1. The molecule has 0 spiro atoms. The molecular weight excluding hydrogens is 584 g/mol. The number of aliphatic hydroxyl groups is 1.